The van der Waals surface area contributed by atoms with Crippen LogP contribution in [0.15, 0.2) is 22.4 Å². The molecule has 114 valence electrons. The molecule has 0 spiro atoms. The first-order valence-corrected chi connectivity index (χ1v) is 8.95. The maximum atomic E-state index is 12.3. The van der Waals surface area contributed by atoms with Crippen LogP contribution in [-0.4, -0.2) is 18.5 Å². The van der Waals surface area contributed by atoms with E-state index in [1.807, 2.05) is 6.92 Å². The third-order valence-corrected chi connectivity index (χ3v) is 5.87. The Kier molecular flexibility index (Phi) is 5.24. The normalized spacial score (nSPS) is 11.8. The summed E-state index contributed by atoms with van der Waals surface area (Å²) in [5, 5.41) is 12.0. The van der Waals surface area contributed by atoms with E-state index in [9.17, 15) is 13.5 Å². The summed E-state index contributed by atoms with van der Waals surface area (Å²) in [5.74, 6) is 0. The van der Waals surface area contributed by atoms with Crippen molar-refractivity contribution in [3.05, 3.63) is 43.8 Å². The third-order valence-electron chi connectivity index (χ3n) is 2.71. The molecule has 0 saturated heterocycles. The molecular weight excluding hydrogens is 355 g/mol. The van der Waals surface area contributed by atoms with Gasteiger partial charge in [0, 0.05) is 16.0 Å². The number of aryl methyl sites for hydroxylation is 1. The number of hydrogen-bond acceptors (Lipinski definition) is 5. The summed E-state index contributed by atoms with van der Waals surface area (Å²) in [4.78, 5) is 4.05. The van der Waals surface area contributed by atoms with Crippen LogP contribution >= 0.6 is 34.5 Å². The minimum atomic E-state index is -3.82. The van der Waals surface area contributed by atoms with Gasteiger partial charge in [0.05, 0.1) is 28.9 Å². The smallest absolute Gasteiger partial charge is 0.242 e. The summed E-state index contributed by atoms with van der Waals surface area (Å²) in [6.07, 6.45) is 0. The van der Waals surface area contributed by atoms with E-state index in [0.29, 0.717) is 5.69 Å². The van der Waals surface area contributed by atoms with E-state index >= 15 is 0 Å². The third kappa shape index (κ3) is 3.74. The molecule has 0 atom stereocenters. The number of thiazole rings is 1. The minimum absolute atomic E-state index is 0.0695. The molecule has 9 heteroatoms. The van der Waals surface area contributed by atoms with Crippen LogP contribution in [0.5, 0.6) is 0 Å². The molecule has 0 aliphatic heterocycles. The number of rotatable bonds is 5. The van der Waals surface area contributed by atoms with Gasteiger partial charge in [0.2, 0.25) is 10.0 Å². The first-order chi connectivity index (χ1) is 9.85. The predicted molar refractivity (Wildman–Crippen MR) is 83.3 cm³/mol. The zero-order valence-electron chi connectivity index (χ0n) is 10.9. The summed E-state index contributed by atoms with van der Waals surface area (Å²) >= 11 is 13.3. The Balaban J connectivity index is 2.27. The molecule has 1 aromatic heterocycles. The molecule has 2 N–H and O–H groups in total. The fourth-order valence-electron chi connectivity index (χ4n) is 1.66. The van der Waals surface area contributed by atoms with Gasteiger partial charge in [-0.25, -0.2) is 18.1 Å². The Morgan fingerprint density at radius 2 is 2.10 bits per heavy atom. The van der Waals surface area contributed by atoms with Gasteiger partial charge in [0.1, 0.15) is 4.90 Å². The second-order valence-corrected chi connectivity index (χ2v) is 7.76. The van der Waals surface area contributed by atoms with Crippen molar-refractivity contribution in [1.82, 2.24) is 9.71 Å². The van der Waals surface area contributed by atoms with Crippen molar-refractivity contribution in [3.8, 4) is 0 Å². The fraction of sp³-hybridized carbons (Fsp3) is 0.250. The fourth-order valence-corrected chi connectivity index (χ4v) is 4.17. The second kappa shape index (κ2) is 6.60. The zero-order chi connectivity index (χ0) is 15.6. The van der Waals surface area contributed by atoms with Crippen molar-refractivity contribution in [1.29, 1.82) is 0 Å². The number of aliphatic hydroxyl groups is 1. The Labute approximate surface area is 136 Å². The van der Waals surface area contributed by atoms with E-state index in [1.54, 1.807) is 5.38 Å². The summed E-state index contributed by atoms with van der Waals surface area (Å²) in [5.41, 5.74) is 0.819. The van der Waals surface area contributed by atoms with Gasteiger partial charge in [-0.3, -0.25) is 0 Å². The van der Waals surface area contributed by atoms with Crippen LogP contribution in [-0.2, 0) is 23.2 Å². The van der Waals surface area contributed by atoms with Gasteiger partial charge >= 0.3 is 0 Å². The number of halogens is 2. The Morgan fingerprint density at radius 3 is 2.67 bits per heavy atom. The van der Waals surface area contributed by atoms with E-state index < -0.39 is 16.6 Å². The first kappa shape index (κ1) is 16.7. The van der Waals surface area contributed by atoms with Crippen molar-refractivity contribution >= 4 is 44.6 Å². The van der Waals surface area contributed by atoms with Crippen LogP contribution in [0.3, 0.4) is 0 Å². The van der Waals surface area contributed by atoms with Crippen LogP contribution in [0.25, 0.3) is 0 Å². The molecule has 0 aliphatic rings. The second-order valence-electron chi connectivity index (χ2n) is 4.18. The molecule has 2 rings (SSSR count). The lowest BCUT2D eigenvalue weighted by molar-refractivity contribution is 0.281. The van der Waals surface area contributed by atoms with E-state index in [2.05, 4.69) is 9.71 Å². The molecule has 5 nitrogen and oxygen atoms in total. The molecule has 1 aromatic carbocycles. The van der Waals surface area contributed by atoms with Crippen LogP contribution in [0, 0.1) is 6.92 Å². The molecule has 0 unspecified atom stereocenters. The zero-order valence-corrected chi connectivity index (χ0v) is 14.1. The molecule has 0 aliphatic carbocycles. The first-order valence-electron chi connectivity index (χ1n) is 5.83. The average Bonchev–Trinajstić information content (AvgIpc) is 2.83. The van der Waals surface area contributed by atoms with E-state index in [0.717, 1.165) is 5.01 Å². The number of benzene rings is 1. The highest BCUT2D eigenvalue weighted by molar-refractivity contribution is 7.89. The number of sulfonamides is 1. The lowest BCUT2D eigenvalue weighted by atomic mass is 10.2. The van der Waals surface area contributed by atoms with Crippen molar-refractivity contribution in [2.45, 2.75) is 25.0 Å². The van der Waals surface area contributed by atoms with Gasteiger partial charge in [0.25, 0.3) is 0 Å². The van der Waals surface area contributed by atoms with Crippen LogP contribution in [0.2, 0.25) is 10.0 Å². The number of aromatic nitrogens is 1. The molecule has 1 heterocycles. The van der Waals surface area contributed by atoms with E-state index in [-0.39, 0.29) is 27.0 Å². The predicted octanol–water partition coefficient (Wildman–Crippen LogP) is 2.73. The van der Waals surface area contributed by atoms with Gasteiger partial charge in [-0.1, -0.05) is 23.2 Å². The summed E-state index contributed by atoms with van der Waals surface area (Å²) in [7, 11) is -3.82. The van der Waals surface area contributed by atoms with Crippen molar-refractivity contribution in [2.24, 2.45) is 0 Å². The molecule has 0 radical (unpaired) electrons. The maximum Gasteiger partial charge on any atom is 0.242 e. The SMILES string of the molecule is Cc1nc(CNS(=O)(=O)c2ccc(Cl)c(CO)c2Cl)cs1. The van der Waals surface area contributed by atoms with E-state index in [1.165, 1.54) is 23.5 Å². The molecule has 0 amide bonds. The van der Waals surface area contributed by atoms with Crippen LogP contribution in [0.4, 0.5) is 0 Å². The lowest BCUT2D eigenvalue weighted by Gasteiger charge is -2.11. The van der Waals surface area contributed by atoms with Gasteiger partial charge in [0.15, 0.2) is 0 Å². The molecule has 0 fully saturated rings. The number of aliphatic hydroxyl groups excluding tert-OH is 1. The Bertz CT molecular complexity index is 760. The largest absolute Gasteiger partial charge is 0.392 e. The number of hydrogen-bond donors (Lipinski definition) is 2. The van der Waals surface area contributed by atoms with Crippen LogP contribution < -0.4 is 4.72 Å². The highest BCUT2D eigenvalue weighted by Crippen LogP contribution is 2.31. The number of nitrogens with one attached hydrogen (secondary N) is 1. The Hall–Kier alpha value is -0.700. The average molecular weight is 367 g/mol. The highest BCUT2D eigenvalue weighted by Gasteiger charge is 2.21. The van der Waals surface area contributed by atoms with Crippen molar-refractivity contribution in [3.63, 3.8) is 0 Å². The molecule has 21 heavy (non-hydrogen) atoms. The quantitative estimate of drug-likeness (QED) is 0.852. The summed E-state index contributed by atoms with van der Waals surface area (Å²) in [6, 6.07) is 2.69. The molecule has 0 bridgehead atoms. The van der Waals surface area contributed by atoms with E-state index in [4.69, 9.17) is 23.2 Å². The molecular formula is C12H12Cl2N2O3S2. The summed E-state index contributed by atoms with van der Waals surface area (Å²) < 4.78 is 27.0. The summed E-state index contributed by atoms with van der Waals surface area (Å²) in [6.45, 7) is 1.47. The van der Waals surface area contributed by atoms with Crippen molar-refractivity contribution < 1.29 is 13.5 Å². The standard InChI is InChI=1S/C12H12Cl2N2O3S2/c1-7-16-8(6-20-7)4-15-21(18,19)11-3-2-10(13)9(5-17)12(11)14/h2-3,6,15,17H,4-5H2,1H3. The van der Waals surface area contributed by atoms with Gasteiger partial charge in [-0.2, -0.15) is 0 Å². The maximum absolute atomic E-state index is 12.3. The number of nitrogens with zero attached hydrogens (tertiary/aromatic N) is 1. The van der Waals surface area contributed by atoms with Crippen LogP contribution in [0.1, 0.15) is 16.3 Å². The highest BCUT2D eigenvalue weighted by atomic mass is 35.5. The Morgan fingerprint density at radius 1 is 1.38 bits per heavy atom. The minimum Gasteiger partial charge on any atom is -0.392 e. The van der Waals surface area contributed by atoms with Gasteiger partial charge in [-0.05, 0) is 19.1 Å². The lowest BCUT2D eigenvalue weighted by Crippen LogP contribution is -2.24. The van der Waals surface area contributed by atoms with Gasteiger partial charge in [-0.15, -0.1) is 11.3 Å². The monoisotopic (exact) mass is 366 g/mol. The molecule has 2 aromatic rings. The van der Waals surface area contributed by atoms with Gasteiger partial charge < -0.3 is 5.11 Å². The topological polar surface area (TPSA) is 79.3 Å². The van der Waals surface area contributed by atoms with Crippen molar-refractivity contribution in [2.75, 3.05) is 0 Å². The molecule has 0 saturated carbocycles.